The van der Waals surface area contributed by atoms with Gasteiger partial charge in [0.2, 0.25) is 10.0 Å². The second-order valence-corrected chi connectivity index (χ2v) is 6.72. The molecule has 1 rings (SSSR count). The van der Waals surface area contributed by atoms with Crippen molar-refractivity contribution in [2.45, 2.75) is 37.2 Å². The first-order valence-corrected chi connectivity index (χ1v) is 7.86. The Bertz CT molecular complexity index is 603. The lowest BCUT2D eigenvalue weighted by Gasteiger charge is -2.25. The van der Waals surface area contributed by atoms with Crippen molar-refractivity contribution in [1.29, 1.82) is 0 Å². The first-order valence-electron chi connectivity index (χ1n) is 6.38. The van der Waals surface area contributed by atoms with Gasteiger partial charge in [-0.05, 0) is 19.4 Å². The van der Waals surface area contributed by atoms with Crippen LogP contribution in [0.15, 0.2) is 17.2 Å². The van der Waals surface area contributed by atoms with E-state index in [1.807, 2.05) is 6.92 Å². The number of hydrogen-bond donors (Lipinski definition) is 4. The van der Waals surface area contributed by atoms with E-state index in [0.717, 1.165) is 6.07 Å². The van der Waals surface area contributed by atoms with E-state index in [1.165, 1.54) is 17.7 Å². The molecule has 21 heavy (non-hydrogen) atoms. The molecule has 0 radical (unpaired) electrons. The molecule has 0 amide bonds. The second kappa shape index (κ2) is 6.56. The van der Waals surface area contributed by atoms with Gasteiger partial charge in [-0.25, -0.2) is 17.9 Å². The topological polar surface area (TPSA) is 129 Å². The number of aryl methyl sites for hydroxylation is 1. The number of aliphatic hydroxyl groups is 2. The van der Waals surface area contributed by atoms with Gasteiger partial charge in [-0.15, -0.1) is 0 Å². The smallest absolute Gasteiger partial charge is 0.352 e. The summed E-state index contributed by atoms with van der Waals surface area (Å²) < 4.78 is 27.9. The number of nitrogens with zero attached hydrogens (tertiary/aromatic N) is 1. The number of carboxylic acid groups (broad SMARTS) is 1. The molecule has 4 N–H and O–H groups in total. The highest BCUT2D eigenvalue weighted by atomic mass is 32.2. The summed E-state index contributed by atoms with van der Waals surface area (Å²) in [6.45, 7) is 2.36. The third-order valence-corrected chi connectivity index (χ3v) is 4.55. The predicted octanol–water partition coefficient (Wildman–Crippen LogP) is -0.382. The lowest BCUT2D eigenvalue weighted by molar-refractivity contribution is 0.0685. The van der Waals surface area contributed by atoms with Crippen LogP contribution < -0.4 is 4.72 Å². The first-order chi connectivity index (χ1) is 9.69. The Balaban J connectivity index is 3.20. The van der Waals surface area contributed by atoms with Crippen LogP contribution in [-0.4, -0.2) is 53.0 Å². The minimum atomic E-state index is -4.05. The van der Waals surface area contributed by atoms with Gasteiger partial charge in [0.05, 0.1) is 18.8 Å². The zero-order valence-corrected chi connectivity index (χ0v) is 12.7. The molecule has 8 nitrogen and oxygen atoms in total. The summed E-state index contributed by atoms with van der Waals surface area (Å²) in [6.07, 6.45) is 1.87. The Kier molecular flexibility index (Phi) is 5.51. The third-order valence-electron chi connectivity index (χ3n) is 2.94. The van der Waals surface area contributed by atoms with Crippen molar-refractivity contribution in [3.05, 3.63) is 18.0 Å². The number of rotatable bonds is 8. The number of nitrogens with one attached hydrogen (secondary N) is 1. The summed E-state index contributed by atoms with van der Waals surface area (Å²) in [5.41, 5.74) is -1.55. The molecule has 120 valence electrons. The Labute approximate surface area is 123 Å². The lowest BCUT2D eigenvalue weighted by atomic mass is 10.1. The molecule has 1 aromatic heterocycles. The van der Waals surface area contributed by atoms with Crippen LogP contribution in [0.25, 0.3) is 0 Å². The number of hydrogen-bond acceptors (Lipinski definition) is 5. The van der Waals surface area contributed by atoms with E-state index in [1.54, 1.807) is 0 Å². The number of aromatic nitrogens is 1. The molecule has 0 aliphatic carbocycles. The number of sulfonamides is 1. The van der Waals surface area contributed by atoms with Crippen LogP contribution in [0.3, 0.4) is 0 Å². The van der Waals surface area contributed by atoms with Crippen LogP contribution in [0.1, 0.15) is 30.8 Å². The van der Waals surface area contributed by atoms with Gasteiger partial charge >= 0.3 is 5.97 Å². The van der Waals surface area contributed by atoms with E-state index in [4.69, 9.17) is 15.3 Å². The highest BCUT2D eigenvalue weighted by Gasteiger charge is 2.31. The van der Waals surface area contributed by atoms with E-state index < -0.39 is 34.7 Å². The third kappa shape index (κ3) is 4.03. The summed E-state index contributed by atoms with van der Waals surface area (Å²) in [5.74, 6) is -1.23. The monoisotopic (exact) mass is 320 g/mol. The van der Waals surface area contributed by atoms with Crippen molar-refractivity contribution >= 4 is 16.0 Å². The van der Waals surface area contributed by atoms with Crippen molar-refractivity contribution in [3.63, 3.8) is 0 Å². The van der Waals surface area contributed by atoms with E-state index in [9.17, 15) is 13.2 Å². The molecule has 0 saturated carbocycles. The van der Waals surface area contributed by atoms with Crippen molar-refractivity contribution in [2.75, 3.05) is 13.2 Å². The normalized spacial score (nSPS) is 12.6. The van der Waals surface area contributed by atoms with Gasteiger partial charge in [0.25, 0.3) is 0 Å². The van der Waals surface area contributed by atoms with E-state index in [0.29, 0.717) is 13.0 Å². The van der Waals surface area contributed by atoms with Gasteiger partial charge in [-0.1, -0.05) is 6.92 Å². The van der Waals surface area contributed by atoms with Crippen molar-refractivity contribution in [2.24, 2.45) is 0 Å². The Morgan fingerprint density at radius 3 is 2.38 bits per heavy atom. The fraction of sp³-hybridized carbons (Fsp3) is 0.583. The Hall–Kier alpha value is -1.42. The maximum absolute atomic E-state index is 12.2. The summed E-state index contributed by atoms with van der Waals surface area (Å²) in [7, 11) is -4.05. The van der Waals surface area contributed by atoms with Gasteiger partial charge in [-0.2, -0.15) is 0 Å². The maximum Gasteiger partial charge on any atom is 0.352 e. The molecule has 9 heteroatoms. The Morgan fingerprint density at radius 1 is 1.38 bits per heavy atom. The van der Waals surface area contributed by atoms with Crippen LogP contribution in [0.5, 0.6) is 0 Å². The van der Waals surface area contributed by atoms with Crippen LogP contribution in [0.4, 0.5) is 0 Å². The molecule has 1 aromatic rings. The van der Waals surface area contributed by atoms with Gasteiger partial charge in [0.1, 0.15) is 10.6 Å². The minimum absolute atomic E-state index is 0.132. The number of carbonyl (C=O) groups is 1. The molecule has 0 aliphatic heterocycles. The van der Waals surface area contributed by atoms with Crippen LogP contribution in [0, 0.1) is 0 Å². The average Bonchev–Trinajstić information content (AvgIpc) is 2.83. The van der Waals surface area contributed by atoms with Crippen LogP contribution in [0.2, 0.25) is 0 Å². The molecule has 1 heterocycles. The molecule has 0 bridgehead atoms. The number of aliphatic hydroxyl groups excluding tert-OH is 2. The minimum Gasteiger partial charge on any atom is -0.477 e. The summed E-state index contributed by atoms with van der Waals surface area (Å²) in [5, 5.41) is 27.4. The van der Waals surface area contributed by atoms with E-state index in [2.05, 4.69) is 4.72 Å². The standard InChI is InChI=1S/C12H20N2O6S/c1-3-4-14-6-9(5-10(14)11(17)18)21(19,20)13-12(2,7-15)8-16/h5-6,13,15-16H,3-4,7-8H2,1-2H3,(H,17,18). The quantitative estimate of drug-likeness (QED) is 0.517. The fourth-order valence-electron chi connectivity index (χ4n) is 1.73. The zero-order valence-electron chi connectivity index (χ0n) is 11.9. The molecule has 0 aromatic carbocycles. The zero-order chi connectivity index (χ0) is 16.3. The number of carboxylic acids is 1. The molecule has 0 atom stereocenters. The van der Waals surface area contributed by atoms with E-state index in [-0.39, 0.29) is 10.6 Å². The Morgan fingerprint density at radius 2 is 1.95 bits per heavy atom. The lowest BCUT2D eigenvalue weighted by Crippen LogP contribution is -2.51. The average molecular weight is 320 g/mol. The predicted molar refractivity (Wildman–Crippen MR) is 74.6 cm³/mol. The van der Waals surface area contributed by atoms with Gasteiger partial charge < -0.3 is 19.9 Å². The summed E-state index contributed by atoms with van der Waals surface area (Å²) in [4.78, 5) is 10.9. The van der Waals surface area contributed by atoms with Gasteiger partial charge in [0, 0.05) is 12.7 Å². The molecular weight excluding hydrogens is 300 g/mol. The molecule has 0 saturated heterocycles. The van der Waals surface area contributed by atoms with Crippen molar-refractivity contribution in [3.8, 4) is 0 Å². The van der Waals surface area contributed by atoms with Crippen LogP contribution >= 0.6 is 0 Å². The van der Waals surface area contributed by atoms with Gasteiger partial charge in [0.15, 0.2) is 0 Å². The molecule has 0 spiro atoms. The van der Waals surface area contributed by atoms with Crippen molar-refractivity contribution < 1.29 is 28.5 Å². The first kappa shape index (κ1) is 17.6. The maximum atomic E-state index is 12.2. The molecular formula is C12H20N2O6S. The fourth-order valence-corrected chi connectivity index (χ4v) is 3.16. The molecule has 0 aliphatic rings. The summed E-state index contributed by atoms with van der Waals surface area (Å²) >= 11 is 0. The summed E-state index contributed by atoms with van der Waals surface area (Å²) in [6, 6.07) is 1.05. The largest absolute Gasteiger partial charge is 0.477 e. The highest BCUT2D eigenvalue weighted by Crippen LogP contribution is 2.17. The number of aromatic carboxylic acids is 1. The van der Waals surface area contributed by atoms with Gasteiger partial charge in [-0.3, -0.25) is 0 Å². The van der Waals surface area contributed by atoms with E-state index >= 15 is 0 Å². The SMILES string of the molecule is CCCn1cc(S(=O)(=O)NC(C)(CO)CO)cc1C(=O)O. The van der Waals surface area contributed by atoms with Crippen LogP contribution in [-0.2, 0) is 16.6 Å². The van der Waals surface area contributed by atoms with Crippen molar-refractivity contribution in [1.82, 2.24) is 9.29 Å². The second-order valence-electron chi connectivity index (χ2n) is 5.04. The highest BCUT2D eigenvalue weighted by molar-refractivity contribution is 7.89. The molecule has 0 unspecified atom stereocenters. The molecule has 0 fully saturated rings.